The molecule has 0 unspecified atom stereocenters. The number of benzene rings is 1. The molecule has 2 heterocycles. The maximum absolute atomic E-state index is 12.6. The summed E-state index contributed by atoms with van der Waals surface area (Å²) in [5, 5.41) is 0. The minimum Gasteiger partial charge on any atom is -0.379 e. The fourth-order valence-corrected chi connectivity index (χ4v) is 3.39. The lowest BCUT2D eigenvalue weighted by molar-refractivity contribution is -0.00748. The van der Waals surface area contributed by atoms with E-state index in [0.717, 1.165) is 19.4 Å². The Bertz CT molecular complexity index is 693. The van der Waals surface area contributed by atoms with Gasteiger partial charge in [0, 0.05) is 39.6 Å². The van der Waals surface area contributed by atoms with Crippen molar-refractivity contribution in [2.75, 3.05) is 20.2 Å². The van der Waals surface area contributed by atoms with E-state index < -0.39 is 0 Å². The first-order chi connectivity index (χ1) is 11.6. The molecule has 2 aromatic rings. The van der Waals surface area contributed by atoms with Gasteiger partial charge in [-0.2, -0.15) is 0 Å². The molecule has 3 rings (SSSR count). The van der Waals surface area contributed by atoms with E-state index in [0.29, 0.717) is 18.3 Å². The molecular weight excluding hydrogens is 302 g/mol. The Balaban J connectivity index is 1.66. The van der Waals surface area contributed by atoms with Gasteiger partial charge in [-0.25, -0.2) is 4.98 Å². The van der Waals surface area contributed by atoms with Gasteiger partial charge in [-0.05, 0) is 31.2 Å². The summed E-state index contributed by atoms with van der Waals surface area (Å²) >= 11 is 0. The molecule has 1 saturated heterocycles. The summed E-state index contributed by atoms with van der Waals surface area (Å²) in [7, 11) is 3.58. The van der Waals surface area contributed by atoms with Crippen molar-refractivity contribution in [2.45, 2.75) is 25.9 Å². The molecule has 0 spiro atoms. The Hall–Kier alpha value is -2.14. The molecule has 24 heavy (non-hydrogen) atoms. The first-order valence-corrected chi connectivity index (χ1v) is 8.43. The number of nitrogens with zero attached hydrogens (tertiary/aromatic N) is 3. The summed E-state index contributed by atoms with van der Waals surface area (Å²) in [6, 6.07) is 8.68. The first-order valence-electron chi connectivity index (χ1n) is 8.43. The maximum atomic E-state index is 12.6. The molecule has 1 aliphatic heterocycles. The number of carbonyl (C=O) groups excluding carboxylic acids is 1. The Morgan fingerprint density at radius 2 is 2.08 bits per heavy atom. The number of methoxy groups -OCH3 is 1. The number of likely N-dealkylation sites (tertiary alicyclic amines) is 1. The van der Waals surface area contributed by atoms with Gasteiger partial charge >= 0.3 is 0 Å². The van der Waals surface area contributed by atoms with Crippen LogP contribution < -0.4 is 0 Å². The molecule has 128 valence electrons. The minimum absolute atomic E-state index is 0.0154. The van der Waals surface area contributed by atoms with Crippen LogP contribution in [0, 0.1) is 12.8 Å². The number of imidazole rings is 1. The topological polar surface area (TPSA) is 47.4 Å². The Morgan fingerprint density at radius 1 is 1.33 bits per heavy atom. The summed E-state index contributed by atoms with van der Waals surface area (Å²) in [5.74, 6) is 0.906. The molecule has 0 saturated carbocycles. The summed E-state index contributed by atoms with van der Waals surface area (Å²) in [6.07, 6.45) is 5.45. The molecule has 1 amide bonds. The standard InChI is InChI=1S/C19H25N3O2/c1-14-4-6-15(7-5-14)12-16-8-10-22(13-17(16)24-3)19(23)18-20-9-11-21(18)2/h4-7,9,11,16-17H,8,10,12-13H2,1-3H3/t16-,17-/m1/s1. The average Bonchev–Trinajstić information content (AvgIpc) is 3.02. The van der Waals surface area contributed by atoms with Gasteiger partial charge in [0.2, 0.25) is 0 Å². The highest BCUT2D eigenvalue weighted by atomic mass is 16.5. The third kappa shape index (κ3) is 3.51. The fraction of sp³-hybridized carbons (Fsp3) is 0.474. The van der Waals surface area contributed by atoms with Crippen LogP contribution in [0.3, 0.4) is 0 Å². The lowest BCUT2D eigenvalue weighted by Crippen LogP contribution is -2.48. The highest BCUT2D eigenvalue weighted by Crippen LogP contribution is 2.25. The lowest BCUT2D eigenvalue weighted by Gasteiger charge is -2.37. The SMILES string of the molecule is CO[C@@H]1CN(C(=O)c2nccn2C)CC[C@@H]1Cc1ccc(C)cc1. The summed E-state index contributed by atoms with van der Waals surface area (Å²) in [4.78, 5) is 18.7. The van der Waals surface area contributed by atoms with Crippen LogP contribution in [0.4, 0.5) is 0 Å². The number of hydrogen-bond acceptors (Lipinski definition) is 3. The van der Waals surface area contributed by atoms with Crippen LogP contribution in [-0.2, 0) is 18.2 Å². The second-order valence-corrected chi connectivity index (χ2v) is 6.63. The second kappa shape index (κ2) is 7.18. The van der Waals surface area contributed by atoms with Gasteiger partial charge in [0.25, 0.3) is 5.91 Å². The molecule has 1 fully saturated rings. The fourth-order valence-electron chi connectivity index (χ4n) is 3.39. The smallest absolute Gasteiger partial charge is 0.289 e. The van der Waals surface area contributed by atoms with Crippen LogP contribution in [-0.4, -0.2) is 46.7 Å². The zero-order valence-electron chi connectivity index (χ0n) is 14.6. The molecule has 0 N–H and O–H groups in total. The zero-order chi connectivity index (χ0) is 17.1. The highest BCUT2D eigenvalue weighted by Gasteiger charge is 2.33. The van der Waals surface area contributed by atoms with Gasteiger partial charge in [-0.3, -0.25) is 4.79 Å². The molecule has 0 aliphatic carbocycles. The van der Waals surface area contributed by atoms with Crippen molar-refractivity contribution in [1.29, 1.82) is 0 Å². The van der Waals surface area contributed by atoms with E-state index in [2.05, 4.69) is 36.2 Å². The summed E-state index contributed by atoms with van der Waals surface area (Å²) in [6.45, 7) is 3.48. The van der Waals surface area contributed by atoms with E-state index in [1.54, 1.807) is 24.1 Å². The quantitative estimate of drug-likeness (QED) is 0.866. The van der Waals surface area contributed by atoms with Crippen molar-refractivity contribution in [3.05, 3.63) is 53.6 Å². The molecule has 2 atom stereocenters. The van der Waals surface area contributed by atoms with Crippen molar-refractivity contribution < 1.29 is 9.53 Å². The molecule has 1 aliphatic rings. The van der Waals surface area contributed by atoms with E-state index in [9.17, 15) is 4.79 Å². The van der Waals surface area contributed by atoms with Gasteiger partial charge in [0.15, 0.2) is 5.82 Å². The van der Waals surface area contributed by atoms with Gasteiger partial charge in [0.1, 0.15) is 0 Å². The van der Waals surface area contributed by atoms with Crippen molar-refractivity contribution in [1.82, 2.24) is 14.5 Å². The molecule has 5 nitrogen and oxygen atoms in total. The third-order valence-electron chi connectivity index (χ3n) is 4.92. The van der Waals surface area contributed by atoms with Crippen molar-refractivity contribution in [2.24, 2.45) is 13.0 Å². The molecule has 1 aromatic carbocycles. The minimum atomic E-state index is -0.0154. The van der Waals surface area contributed by atoms with Crippen LogP contribution in [0.25, 0.3) is 0 Å². The number of aromatic nitrogens is 2. The van der Waals surface area contributed by atoms with E-state index in [1.807, 2.05) is 11.9 Å². The molecule has 1 aromatic heterocycles. The third-order valence-corrected chi connectivity index (χ3v) is 4.92. The van der Waals surface area contributed by atoms with Crippen LogP contribution in [0.5, 0.6) is 0 Å². The van der Waals surface area contributed by atoms with Crippen LogP contribution >= 0.6 is 0 Å². The number of ether oxygens (including phenoxy) is 1. The second-order valence-electron chi connectivity index (χ2n) is 6.63. The van der Waals surface area contributed by atoms with Crippen LogP contribution in [0.2, 0.25) is 0 Å². The normalized spacial score (nSPS) is 21.0. The zero-order valence-corrected chi connectivity index (χ0v) is 14.6. The van der Waals surface area contributed by atoms with E-state index >= 15 is 0 Å². The predicted octanol–water partition coefficient (Wildman–Crippen LogP) is 2.45. The monoisotopic (exact) mass is 327 g/mol. The first kappa shape index (κ1) is 16.7. The van der Waals surface area contributed by atoms with Gasteiger partial charge in [0.05, 0.1) is 6.10 Å². The van der Waals surface area contributed by atoms with Gasteiger partial charge in [-0.1, -0.05) is 29.8 Å². The van der Waals surface area contributed by atoms with Crippen molar-refractivity contribution >= 4 is 5.91 Å². The molecule has 5 heteroatoms. The number of piperidine rings is 1. The Labute approximate surface area is 143 Å². The van der Waals surface area contributed by atoms with E-state index in [-0.39, 0.29) is 12.0 Å². The lowest BCUT2D eigenvalue weighted by atomic mass is 9.87. The molecule has 0 radical (unpaired) electrons. The largest absolute Gasteiger partial charge is 0.379 e. The number of aryl methyl sites for hydroxylation is 2. The molecular formula is C19H25N3O2. The number of carbonyl (C=O) groups is 1. The maximum Gasteiger partial charge on any atom is 0.289 e. The number of amides is 1. The Kier molecular flexibility index (Phi) is 5.00. The molecule has 0 bridgehead atoms. The van der Waals surface area contributed by atoms with Crippen molar-refractivity contribution in [3.63, 3.8) is 0 Å². The van der Waals surface area contributed by atoms with E-state index in [4.69, 9.17) is 4.74 Å². The highest BCUT2D eigenvalue weighted by molar-refractivity contribution is 5.90. The Morgan fingerprint density at radius 3 is 2.71 bits per heavy atom. The summed E-state index contributed by atoms with van der Waals surface area (Å²) < 4.78 is 7.47. The van der Waals surface area contributed by atoms with E-state index in [1.165, 1.54) is 11.1 Å². The van der Waals surface area contributed by atoms with Crippen LogP contribution in [0.15, 0.2) is 36.7 Å². The van der Waals surface area contributed by atoms with Crippen LogP contribution in [0.1, 0.15) is 28.2 Å². The van der Waals surface area contributed by atoms with Gasteiger partial charge < -0.3 is 14.2 Å². The average molecular weight is 327 g/mol. The number of hydrogen-bond donors (Lipinski definition) is 0. The summed E-state index contributed by atoms with van der Waals surface area (Å²) in [5.41, 5.74) is 2.61. The van der Waals surface area contributed by atoms with Crippen molar-refractivity contribution in [3.8, 4) is 0 Å². The predicted molar refractivity (Wildman–Crippen MR) is 92.9 cm³/mol. The number of rotatable bonds is 4. The van der Waals surface area contributed by atoms with Gasteiger partial charge in [-0.15, -0.1) is 0 Å².